The minimum atomic E-state index is 0.0654. The first kappa shape index (κ1) is 11.7. The average Bonchev–Trinajstić information content (AvgIpc) is 2.60. The summed E-state index contributed by atoms with van der Waals surface area (Å²) < 4.78 is 5.74. The zero-order valence-electron chi connectivity index (χ0n) is 10.3. The zero-order chi connectivity index (χ0) is 12.4. The van der Waals surface area contributed by atoms with Crippen molar-refractivity contribution in [2.45, 2.75) is 12.5 Å². The maximum atomic E-state index is 12.1. The van der Waals surface area contributed by atoms with Crippen LogP contribution in [0.15, 0.2) is 30.3 Å². The molecular formula is C14H18N2O2. The lowest BCUT2D eigenvalue weighted by Crippen LogP contribution is -2.45. The number of piperidine rings is 1. The fourth-order valence-corrected chi connectivity index (χ4v) is 2.75. The van der Waals surface area contributed by atoms with Crippen molar-refractivity contribution in [3.8, 4) is 0 Å². The molecule has 2 aliphatic rings. The normalized spacial score (nSPS) is 28.7. The summed E-state index contributed by atoms with van der Waals surface area (Å²) in [5, 5.41) is 3.38. The Kier molecular flexibility index (Phi) is 3.30. The molecule has 0 aliphatic carbocycles. The monoisotopic (exact) mass is 246 g/mol. The van der Waals surface area contributed by atoms with Crippen LogP contribution >= 0.6 is 0 Å². The predicted octanol–water partition coefficient (Wildman–Crippen LogP) is 1.03. The highest BCUT2D eigenvalue weighted by atomic mass is 16.5. The number of amides is 1. The topological polar surface area (TPSA) is 41.6 Å². The van der Waals surface area contributed by atoms with E-state index in [1.807, 2.05) is 35.2 Å². The summed E-state index contributed by atoms with van der Waals surface area (Å²) in [7, 11) is 0. The number of carbonyl (C=O) groups is 1. The van der Waals surface area contributed by atoms with E-state index in [2.05, 4.69) is 5.32 Å². The molecule has 96 valence electrons. The van der Waals surface area contributed by atoms with Crippen LogP contribution < -0.4 is 10.2 Å². The number of fused-ring (bicyclic) bond motifs is 1. The van der Waals surface area contributed by atoms with Gasteiger partial charge < -0.3 is 15.0 Å². The fraction of sp³-hybridized carbons (Fsp3) is 0.500. The number of ether oxygens (including phenoxy) is 1. The molecule has 0 bridgehead atoms. The standard InChI is InChI=1S/C14H18N2O2/c17-14-10-18-13-6-7-15-8-11(13)9-16(14)12-4-2-1-3-5-12/h1-5,11,13,15H,6-10H2/t11-,13+/m1/s1. The van der Waals surface area contributed by atoms with Crippen molar-refractivity contribution in [1.82, 2.24) is 5.32 Å². The van der Waals surface area contributed by atoms with Crippen LogP contribution in [0.1, 0.15) is 6.42 Å². The summed E-state index contributed by atoms with van der Waals surface area (Å²) in [6, 6.07) is 9.85. The summed E-state index contributed by atoms with van der Waals surface area (Å²) in [4.78, 5) is 14.0. The van der Waals surface area contributed by atoms with E-state index in [-0.39, 0.29) is 18.6 Å². The van der Waals surface area contributed by atoms with Crippen molar-refractivity contribution in [2.24, 2.45) is 5.92 Å². The Morgan fingerprint density at radius 2 is 2.11 bits per heavy atom. The van der Waals surface area contributed by atoms with E-state index < -0.39 is 0 Å². The van der Waals surface area contributed by atoms with Crippen LogP contribution in [0.25, 0.3) is 0 Å². The number of anilines is 1. The SMILES string of the molecule is O=C1CO[C@H]2CCNC[C@@H]2CN1c1ccccc1. The molecule has 3 rings (SSSR count). The number of nitrogens with one attached hydrogen (secondary N) is 1. The Bertz CT molecular complexity index is 421. The summed E-state index contributed by atoms with van der Waals surface area (Å²) in [5.41, 5.74) is 0.970. The number of hydrogen-bond acceptors (Lipinski definition) is 3. The van der Waals surface area contributed by atoms with Gasteiger partial charge in [0.05, 0.1) is 6.10 Å². The van der Waals surface area contributed by atoms with Gasteiger partial charge in [0.15, 0.2) is 0 Å². The molecule has 1 aromatic carbocycles. The van der Waals surface area contributed by atoms with Gasteiger partial charge in [0, 0.05) is 24.7 Å². The van der Waals surface area contributed by atoms with Crippen LogP contribution in [0.3, 0.4) is 0 Å². The van der Waals surface area contributed by atoms with Crippen molar-refractivity contribution >= 4 is 11.6 Å². The molecule has 0 spiro atoms. The van der Waals surface area contributed by atoms with Crippen molar-refractivity contribution in [2.75, 3.05) is 31.1 Å². The van der Waals surface area contributed by atoms with Crippen LogP contribution in [-0.2, 0) is 9.53 Å². The average molecular weight is 246 g/mol. The first-order valence-corrected chi connectivity index (χ1v) is 6.52. The van der Waals surface area contributed by atoms with Crippen molar-refractivity contribution in [3.63, 3.8) is 0 Å². The minimum absolute atomic E-state index is 0.0654. The van der Waals surface area contributed by atoms with Crippen molar-refractivity contribution < 1.29 is 9.53 Å². The van der Waals surface area contributed by atoms with Crippen LogP contribution in [0.5, 0.6) is 0 Å². The number of benzene rings is 1. The molecular weight excluding hydrogens is 228 g/mol. The van der Waals surface area contributed by atoms with Crippen molar-refractivity contribution in [3.05, 3.63) is 30.3 Å². The highest BCUT2D eigenvalue weighted by Gasteiger charge is 2.33. The number of rotatable bonds is 1. The second-order valence-electron chi connectivity index (χ2n) is 4.94. The highest BCUT2D eigenvalue weighted by molar-refractivity contribution is 5.94. The molecule has 1 N–H and O–H groups in total. The molecule has 0 aromatic heterocycles. The van der Waals surface area contributed by atoms with Gasteiger partial charge >= 0.3 is 0 Å². The molecule has 2 heterocycles. The summed E-state index contributed by atoms with van der Waals surface area (Å²) in [5.74, 6) is 0.459. The molecule has 18 heavy (non-hydrogen) atoms. The lowest BCUT2D eigenvalue weighted by Gasteiger charge is -2.31. The van der Waals surface area contributed by atoms with E-state index in [1.54, 1.807) is 0 Å². The zero-order valence-corrected chi connectivity index (χ0v) is 10.3. The van der Waals surface area contributed by atoms with Gasteiger partial charge in [-0.2, -0.15) is 0 Å². The van der Waals surface area contributed by atoms with Gasteiger partial charge in [-0.1, -0.05) is 18.2 Å². The van der Waals surface area contributed by atoms with Gasteiger partial charge in [-0.25, -0.2) is 0 Å². The van der Waals surface area contributed by atoms with Crippen molar-refractivity contribution in [1.29, 1.82) is 0 Å². The summed E-state index contributed by atoms with van der Waals surface area (Å²) >= 11 is 0. The molecule has 4 heteroatoms. The third kappa shape index (κ3) is 2.26. The molecule has 4 nitrogen and oxygen atoms in total. The first-order valence-electron chi connectivity index (χ1n) is 6.52. The molecule has 2 atom stereocenters. The minimum Gasteiger partial charge on any atom is -0.368 e. The van der Waals surface area contributed by atoms with Gasteiger partial charge in [0.1, 0.15) is 6.61 Å². The quantitative estimate of drug-likeness (QED) is 0.804. The Labute approximate surface area is 107 Å². The molecule has 0 radical (unpaired) electrons. The van der Waals surface area contributed by atoms with Crippen LogP contribution in [0, 0.1) is 5.92 Å². The Morgan fingerprint density at radius 1 is 1.28 bits per heavy atom. The molecule has 1 amide bonds. The van der Waals surface area contributed by atoms with Gasteiger partial charge in [0.25, 0.3) is 5.91 Å². The van der Waals surface area contributed by atoms with E-state index in [1.165, 1.54) is 0 Å². The van der Waals surface area contributed by atoms with E-state index >= 15 is 0 Å². The fourth-order valence-electron chi connectivity index (χ4n) is 2.75. The summed E-state index contributed by atoms with van der Waals surface area (Å²) in [6.07, 6.45) is 1.23. The second-order valence-corrected chi connectivity index (χ2v) is 4.94. The Morgan fingerprint density at radius 3 is 2.94 bits per heavy atom. The first-order chi connectivity index (χ1) is 8.84. The number of hydrogen-bond donors (Lipinski definition) is 1. The molecule has 2 fully saturated rings. The maximum absolute atomic E-state index is 12.1. The lowest BCUT2D eigenvalue weighted by atomic mass is 9.95. The largest absolute Gasteiger partial charge is 0.368 e. The van der Waals surface area contributed by atoms with E-state index in [9.17, 15) is 4.79 Å². The molecule has 2 aliphatic heterocycles. The molecule has 2 saturated heterocycles. The maximum Gasteiger partial charge on any atom is 0.252 e. The van der Waals surface area contributed by atoms with Gasteiger partial charge in [-0.05, 0) is 25.1 Å². The number of para-hydroxylation sites is 1. The number of carbonyl (C=O) groups excluding carboxylic acids is 1. The third-order valence-corrected chi connectivity index (χ3v) is 3.74. The van der Waals surface area contributed by atoms with Gasteiger partial charge in [-0.3, -0.25) is 4.79 Å². The smallest absolute Gasteiger partial charge is 0.252 e. The Balaban J connectivity index is 1.83. The lowest BCUT2D eigenvalue weighted by molar-refractivity contribution is -0.124. The van der Waals surface area contributed by atoms with Crippen LogP contribution in [-0.4, -0.2) is 38.3 Å². The van der Waals surface area contributed by atoms with E-state index in [0.29, 0.717) is 5.92 Å². The number of nitrogens with zero attached hydrogens (tertiary/aromatic N) is 1. The molecule has 0 unspecified atom stereocenters. The van der Waals surface area contributed by atoms with E-state index in [0.717, 1.165) is 31.7 Å². The third-order valence-electron chi connectivity index (χ3n) is 3.74. The summed E-state index contributed by atoms with van der Waals surface area (Å²) in [6.45, 7) is 2.87. The Hall–Kier alpha value is -1.39. The predicted molar refractivity (Wildman–Crippen MR) is 69.5 cm³/mol. The molecule has 0 saturated carbocycles. The van der Waals surface area contributed by atoms with Crippen LogP contribution in [0.4, 0.5) is 5.69 Å². The molecule has 1 aromatic rings. The van der Waals surface area contributed by atoms with E-state index in [4.69, 9.17) is 4.74 Å². The van der Waals surface area contributed by atoms with Gasteiger partial charge in [-0.15, -0.1) is 0 Å². The van der Waals surface area contributed by atoms with Crippen LogP contribution in [0.2, 0.25) is 0 Å². The van der Waals surface area contributed by atoms with Gasteiger partial charge in [0.2, 0.25) is 0 Å². The highest BCUT2D eigenvalue weighted by Crippen LogP contribution is 2.24. The second kappa shape index (κ2) is 5.08.